The highest BCUT2D eigenvalue weighted by Gasteiger charge is 2.08. The summed E-state index contributed by atoms with van der Waals surface area (Å²) in [6.07, 6.45) is 4.82. The lowest BCUT2D eigenvalue weighted by Gasteiger charge is -1.89. The Balaban J connectivity index is 2.58. The molecule has 1 aromatic heterocycles. The van der Waals surface area contributed by atoms with Crippen LogP contribution in [-0.2, 0) is 0 Å². The Hall–Kier alpha value is -1.91. The van der Waals surface area contributed by atoms with Crippen LogP contribution >= 0.6 is 0 Å². The molecule has 0 spiro atoms. The Bertz CT molecular complexity index is 476. The Morgan fingerprint density at radius 1 is 1.25 bits per heavy atom. The molecular weight excluding hydrogens is 154 g/mol. The SMILES string of the molecule is C1=Nc2cnc3c(c2=N1)=CN=N3. The van der Waals surface area contributed by atoms with Crippen molar-refractivity contribution < 1.29 is 0 Å². The zero-order valence-electron chi connectivity index (χ0n) is 5.97. The standard InChI is InChI=1S/C7H3N5/c1-4-6-5(9-3-10-6)2-8-7(4)12-11-1/h1-3H. The van der Waals surface area contributed by atoms with Crippen molar-refractivity contribution in [3.63, 3.8) is 0 Å². The molecule has 2 aliphatic rings. The van der Waals surface area contributed by atoms with Gasteiger partial charge in [-0.05, 0) is 0 Å². The van der Waals surface area contributed by atoms with Crippen LogP contribution in [0.15, 0.2) is 26.4 Å². The molecule has 0 radical (unpaired) electrons. The summed E-state index contributed by atoms with van der Waals surface area (Å²) in [4.78, 5) is 12.2. The summed E-state index contributed by atoms with van der Waals surface area (Å²) in [5.74, 6) is 0.628. The maximum Gasteiger partial charge on any atom is 0.185 e. The molecule has 3 rings (SSSR count). The summed E-state index contributed by atoms with van der Waals surface area (Å²) in [5, 5.41) is 9.26. The molecule has 1 aromatic rings. The van der Waals surface area contributed by atoms with E-state index >= 15 is 0 Å². The molecule has 5 heteroatoms. The van der Waals surface area contributed by atoms with Crippen molar-refractivity contribution in [1.29, 1.82) is 0 Å². The minimum absolute atomic E-state index is 0.628. The van der Waals surface area contributed by atoms with E-state index in [0.29, 0.717) is 5.82 Å². The van der Waals surface area contributed by atoms with Crippen molar-refractivity contribution in [2.75, 3.05) is 0 Å². The quantitative estimate of drug-likeness (QED) is 0.531. The molecule has 0 saturated heterocycles. The molecule has 12 heavy (non-hydrogen) atoms. The molecule has 0 aliphatic carbocycles. The maximum absolute atomic E-state index is 4.09. The number of aliphatic imine (C=N–C) groups is 1. The lowest BCUT2D eigenvalue weighted by molar-refractivity contribution is 1.18. The van der Waals surface area contributed by atoms with Crippen LogP contribution in [-0.4, -0.2) is 11.3 Å². The maximum atomic E-state index is 4.09. The van der Waals surface area contributed by atoms with Crippen LogP contribution in [0.1, 0.15) is 0 Å². The minimum atomic E-state index is 0.628. The van der Waals surface area contributed by atoms with E-state index in [4.69, 9.17) is 0 Å². The van der Waals surface area contributed by atoms with Gasteiger partial charge in [-0.25, -0.2) is 15.0 Å². The molecule has 2 aliphatic heterocycles. The van der Waals surface area contributed by atoms with Crippen molar-refractivity contribution in [2.24, 2.45) is 20.2 Å². The van der Waals surface area contributed by atoms with Crippen LogP contribution in [0, 0.1) is 0 Å². The third-order valence-corrected chi connectivity index (χ3v) is 1.77. The summed E-state index contributed by atoms with van der Waals surface area (Å²) >= 11 is 0. The van der Waals surface area contributed by atoms with E-state index in [1.807, 2.05) is 0 Å². The van der Waals surface area contributed by atoms with Crippen LogP contribution < -0.4 is 10.6 Å². The van der Waals surface area contributed by atoms with Crippen molar-refractivity contribution in [1.82, 2.24) is 4.98 Å². The molecule has 0 N–H and O–H groups in total. The molecule has 0 atom stereocenters. The van der Waals surface area contributed by atoms with E-state index in [1.54, 1.807) is 12.4 Å². The summed E-state index contributed by atoms with van der Waals surface area (Å²) in [6, 6.07) is 0. The predicted octanol–water partition coefficient (Wildman–Crippen LogP) is 0.210. The second-order valence-electron chi connectivity index (χ2n) is 2.45. The number of rotatable bonds is 0. The van der Waals surface area contributed by atoms with Crippen LogP contribution in [0.2, 0.25) is 0 Å². The first-order valence-corrected chi connectivity index (χ1v) is 3.45. The lowest BCUT2D eigenvalue weighted by atomic mass is 10.3. The van der Waals surface area contributed by atoms with E-state index in [0.717, 1.165) is 16.3 Å². The number of azo groups is 1. The van der Waals surface area contributed by atoms with E-state index in [-0.39, 0.29) is 0 Å². The zero-order valence-corrected chi connectivity index (χ0v) is 5.97. The van der Waals surface area contributed by atoms with E-state index in [1.165, 1.54) is 6.34 Å². The topological polar surface area (TPSA) is 62.3 Å². The lowest BCUT2D eigenvalue weighted by Crippen LogP contribution is -2.23. The van der Waals surface area contributed by atoms with Gasteiger partial charge in [-0.3, -0.25) is 0 Å². The van der Waals surface area contributed by atoms with Crippen LogP contribution in [0.25, 0.3) is 6.20 Å². The summed E-state index contributed by atoms with van der Waals surface area (Å²) in [6.45, 7) is 0. The average Bonchev–Trinajstić information content (AvgIpc) is 2.71. The predicted molar refractivity (Wildman–Crippen MR) is 42.2 cm³/mol. The fourth-order valence-corrected chi connectivity index (χ4v) is 1.22. The molecule has 0 amide bonds. The number of hydrogen-bond donors (Lipinski definition) is 0. The highest BCUT2D eigenvalue weighted by Crippen LogP contribution is 2.10. The molecular formula is C7H3N5. The average molecular weight is 157 g/mol. The van der Waals surface area contributed by atoms with Gasteiger partial charge in [0.15, 0.2) is 5.82 Å². The van der Waals surface area contributed by atoms with Gasteiger partial charge in [0.1, 0.15) is 17.4 Å². The number of pyridine rings is 1. The fourth-order valence-electron chi connectivity index (χ4n) is 1.22. The monoisotopic (exact) mass is 157 g/mol. The Morgan fingerprint density at radius 3 is 3.25 bits per heavy atom. The first kappa shape index (κ1) is 5.70. The minimum Gasteiger partial charge on any atom is -0.234 e. The molecule has 0 bridgehead atoms. The first-order chi connectivity index (χ1) is 5.95. The van der Waals surface area contributed by atoms with Gasteiger partial charge in [0, 0.05) is 0 Å². The van der Waals surface area contributed by atoms with Crippen LogP contribution in [0.5, 0.6) is 0 Å². The smallest absolute Gasteiger partial charge is 0.185 e. The highest BCUT2D eigenvalue weighted by atomic mass is 15.2. The summed E-state index contributed by atoms with van der Waals surface area (Å²) in [7, 11) is 0. The van der Waals surface area contributed by atoms with Gasteiger partial charge in [-0.2, -0.15) is 5.11 Å². The largest absolute Gasteiger partial charge is 0.234 e. The Morgan fingerprint density at radius 2 is 2.25 bits per heavy atom. The number of fused-ring (bicyclic) bond motifs is 3. The molecule has 0 saturated carbocycles. The van der Waals surface area contributed by atoms with Crippen molar-refractivity contribution >= 4 is 24.0 Å². The first-order valence-electron chi connectivity index (χ1n) is 3.45. The second kappa shape index (κ2) is 1.82. The normalized spacial score (nSPS) is 15.3. The number of aromatic nitrogens is 1. The van der Waals surface area contributed by atoms with Gasteiger partial charge in [0.2, 0.25) is 0 Å². The highest BCUT2D eigenvalue weighted by molar-refractivity contribution is 5.67. The number of hydrogen-bond acceptors (Lipinski definition) is 5. The zero-order chi connectivity index (χ0) is 7.97. The van der Waals surface area contributed by atoms with Gasteiger partial charge >= 0.3 is 0 Å². The van der Waals surface area contributed by atoms with Crippen molar-refractivity contribution in [3.8, 4) is 0 Å². The van der Waals surface area contributed by atoms with Crippen molar-refractivity contribution in [2.45, 2.75) is 0 Å². The Kier molecular flexibility index (Phi) is 0.864. The summed E-state index contributed by atoms with van der Waals surface area (Å²) < 4.78 is 0. The van der Waals surface area contributed by atoms with E-state index in [9.17, 15) is 0 Å². The summed E-state index contributed by atoms with van der Waals surface area (Å²) in [5.41, 5.74) is 0.789. The van der Waals surface area contributed by atoms with Crippen LogP contribution in [0.3, 0.4) is 0 Å². The number of nitrogens with zero attached hydrogens (tertiary/aromatic N) is 5. The van der Waals surface area contributed by atoms with Crippen LogP contribution in [0.4, 0.5) is 11.5 Å². The molecule has 0 fully saturated rings. The molecule has 5 nitrogen and oxygen atoms in total. The van der Waals surface area contributed by atoms with Gasteiger partial charge < -0.3 is 0 Å². The van der Waals surface area contributed by atoms with Crippen molar-refractivity contribution in [3.05, 3.63) is 16.8 Å². The van der Waals surface area contributed by atoms with Gasteiger partial charge in [-0.15, -0.1) is 5.11 Å². The molecule has 0 unspecified atom stereocenters. The van der Waals surface area contributed by atoms with E-state index < -0.39 is 0 Å². The fraction of sp³-hybridized carbons (Fsp3) is 0. The second-order valence-corrected chi connectivity index (χ2v) is 2.45. The van der Waals surface area contributed by atoms with Gasteiger partial charge in [0.25, 0.3) is 0 Å². The third kappa shape index (κ3) is 0.554. The third-order valence-electron chi connectivity index (χ3n) is 1.77. The van der Waals surface area contributed by atoms with E-state index in [2.05, 4.69) is 25.2 Å². The van der Waals surface area contributed by atoms with Gasteiger partial charge in [0.05, 0.1) is 17.6 Å². The Labute approximate surface area is 66.9 Å². The molecule has 3 heterocycles. The molecule has 56 valence electrons. The van der Waals surface area contributed by atoms with Gasteiger partial charge in [-0.1, -0.05) is 0 Å². The molecule has 0 aromatic carbocycles.